The summed E-state index contributed by atoms with van der Waals surface area (Å²) >= 11 is 0. The van der Waals surface area contributed by atoms with Crippen LogP contribution in [-0.2, 0) is 9.53 Å². The zero-order valence-corrected chi connectivity index (χ0v) is 15.8. The van der Waals surface area contributed by atoms with Crippen molar-refractivity contribution in [3.63, 3.8) is 0 Å². The van der Waals surface area contributed by atoms with Crippen LogP contribution < -0.4 is 0 Å². The lowest BCUT2D eigenvalue weighted by Crippen LogP contribution is -2.43. The fraction of sp³-hybridized carbons (Fsp3) is 0.455. The predicted molar refractivity (Wildman–Crippen MR) is 106 cm³/mol. The molecule has 1 amide bonds. The number of hydrazone groups is 1. The second-order valence-corrected chi connectivity index (χ2v) is 6.93. The number of hydrogen-bond acceptors (Lipinski definition) is 3. The Labute approximate surface area is 155 Å². The first-order chi connectivity index (χ1) is 12.7. The van der Waals surface area contributed by atoms with E-state index in [1.165, 1.54) is 5.39 Å². The summed E-state index contributed by atoms with van der Waals surface area (Å²) in [6.07, 6.45) is 6.47. The maximum Gasteiger partial charge on any atom is 0.280 e. The first-order valence-electron chi connectivity index (χ1n) is 9.75. The average molecular weight is 352 g/mol. The molecule has 0 aromatic heterocycles. The van der Waals surface area contributed by atoms with E-state index in [2.05, 4.69) is 43.2 Å². The van der Waals surface area contributed by atoms with E-state index in [0.717, 1.165) is 49.5 Å². The third-order valence-corrected chi connectivity index (χ3v) is 4.91. The molecule has 1 aliphatic heterocycles. The summed E-state index contributed by atoms with van der Waals surface area (Å²) in [6, 6.07) is 14.6. The molecule has 0 atom stereocenters. The molecular weight excluding hydrogens is 324 g/mol. The van der Waals surface area contributed by atoms with Crippen molar-refractivity contribution in [3.8, 4) is 0 Å². The number of amides is 1. The normalized spacial score (nSPS) is 14.7. The lowest BCUT2D eigenvalue weighted by Gasteiger charge is -2.31. The highest BCUT2D eigenvalue weighted by Crippen LogP contribution is 2.22. The highest BCUT2D eigenvalue weighted by atomic mass is 16.5. The van der Waals surface area contributed by atoms with E-state index in [4.69, 9.17) is 4.74 Å². The average Bonchev–Trinajstić information content (AvgIpc) is 2.68. The Bertz CT molecular complexity index is 777. The molecule has 138 valence electrons. The third-order valence-electron chi connectivity index (χ3n) is 4.91. The molecule has 2 aromatic rings. The zero-order valence-electron chi connectivity index (χ0n) is 15.8. The SMILES string of the molecule is CCCCC(CCCC)N1N=C(c2ccc3ccccc3c2)OCC1=O. The topological polar surface area (TPSA) is 41.9 Å². The number of carbonyl (C=O) groups is 1. The van der Waals surface area contributed by atoms with Gasteiger partial charge < -0.3 is 4.74 Å². The molecule has 0 fully saturated rings. The molecule has 3 rings (SSSR count). The molecule has 0 unspecified atom stereocenters. The quantitative estimate of drug-likeness (QED) is 0.662. The standard InChI is InChI=1S/C22H28N2O2/c1-3-5-11-20(12-6-4-2)24-21(25)16-26-22(23-24)19-14-13-17-9-7-8-10-18(17)15-19/h7-10,13-15,20H,3-6,11-12,16H2,1-2H3. The Hall–Kier alpha value is -2.36. The second kappa shape index (κ2) is 8.84. The minimum atomic E-state index is -0.0354. The minimum Gasteiger partial charge on any atom is -0.466 e. The van der Waals surface area contributed by atoms with Crippen LogP contribution in [0.3, 0.4) is 0 Å². The molecule has 26 heavy (non-hydrogen) atoms. The number of ether oxygens (including phenoxy) is 1. The van der Waals surface area contributed by atoms with Gasteiger partial charge in [0, 0.05) is 5.56 Å². The second-order valence-electron chi connectivity index (χ2n) is 6.93. The van der Waals surface area contributed by atoms with Gasteiger partial charge >= 0.3 is 0 Å². The molecule has 4 nitrogen and oxygen atoms in total. The van der Waals surface area contributed by atoms with E-state index in [-0.39, 0.29) is 18.6 Å². The summed E-state index contributed by atoms with van der Waals surface area (Å²) in [6.45, 7) is 4.43. The summed E-state index contributed by atoms with van der Waals surface area (Å²) in [7, 11) is 0. The summed E-state index contributed by atoms with van der Waals surface area (Å²) in [5.74, 6) is 0.514. The van der Waals surface area contributed by atoms with Crippen LogP contribution in [0.5, 0.6) is 0 Å². The van der Waals surface area contributed by atoms with Crippen molar-refractivity contribution in [2.24, 2.45) is 5.10 Å². The molecule has 0 radical (unpaired) electrons. The van der Waals surface area contributed by atoms with Gasteiger partial charge in [0.15, 0.2) is 6.61 Å². The van der Waals surface area contributed by atoms with Crippen molar-refractivity contribution in [1.29, 1.82) is 0 Å². The van der Waals surface area contributed by atoms with Crippen LogP contribution in [0, 0.1) is 0 Å². The lowest BCUT2D eigenvalue weighted by molar-refractivity contribution is -0.138. The highest BCUT2D eigenvalue weighted by molar-refractivity contribution is 6.01. The van der Waals surface area contributed by atoms with Crippen molar-refractivity contribution in [2.75, 3.05) is 6.61 Å². The number of benzene rings is 2. The van der Waals surface area contributed by atoms with Crippen LogP contribution in [0.1, 0.15) is 57.9 Å². The molecule has 4 heteroatoms. The molecular formula is C22H28N2O2. The van der Waals surface area contributed by atoms with E-state index in [0.29, 0.717) is 5.90 Å². The van der Waals surface area contributed by atoms with Crippen molar-refractivity contribution < 1.29 is 9.53 Å². The van der Waals surface area contributed by atoms with Gasteiger partial charge in [-0.15, -0.1) is 5.10 Å². The van der Waals surface area contributed by atoms with Gasteiger partial charge in [-0.1, -0.05) is 69.9 Å². The van der Waals surface area contributed by atoms with Crippen LogP contribution in [0.25, 0.3) is 10.8 Å². The van der Waals surface area contributed by atoms with E-state index in [1.807, 2.05) is 18.2 Å². The van der Waals surface area contributed by atoms with Gasteiger partial charge in [0.2, 0.25) is 5.90 Å². The Morgan fingerprint density at radius 3 is 2.42 bits per heavy atom. The van der Waals surface area contributed by atoms with E-state index >= 15 is 0 Å². The van der Waals surface area contributed by atoms with Crippen LogP contribution in [-0.4, -0.2) is 29.5 Å². The first-order valence-corrected chi connectivity index (χ1v) is 9.75. The van der Waals surface area contributed by atoms with Gasteiger partial charge in [-0.05, 0) is 35.7 Å². The third kappa shape index (κ3) is 4.24. The number of unbranched alkanes of at least 4 members (excludes halogenated alkanes) is 2. The van der Waals surface area contributed by atoms with Gasteiger partial charge in [0.05, 0.1) is 6.04 Å². The Kier molecular flexibility index (Phi) is 6.26. The summed E-state index contributed by atoms with van der Waals surface area (Å²) in [4.78, 5) is 12.4. The van der Waals surface area contributed by atoms with E-state index < -0.39 is 0 Å². The maximum absolute atomic E-state index is 12.4. The van der Waals surface area contributed by atoms with E-state index in [1.54, 1.807) is 5.01 Å². The van der Waals surface area contributed by atoms with Gasteiger partial charge in [-0.25, -0.2) is 5.01 Å². The van der Waals surface area contributed by atoms with E-state index in [9.17, 15) is 4.79 Å². The molecule has 1 aliphatic rings. The van der Waals surface area contributed by atoms with Crippen molar-refractivity contribution in [2.45, 2.75) is 58.4 Å². The minimum absolute atomic E-state index is 0.0354. The lowest BCUT2D eigenvalue weighted by atomic mass is 10.0. The van der Waals surface area contributed by atoms with Gasteiger partial charge in [-0.2, -0.15) is 0 Å². The number of hydrogen-bond donors (Lipinski definition) is 0. The van der Waals surface area contributed by atoms with Crippen molar-refractivity contribution in [1.82, 2.24) is 5.01 Å². The molecule has 0 saturated carbocycles. The van der Waals surface area contributed by atoms with Crippen LogP contribution >= 0.6 is 0 Å². The molecule has 0 bridgehead atoms. The molecule has 0 spiro atoms. The van der Waals surface area contributed by atoms with Crippen LogP contribution in [0.15, 0.2) is 47.6 Å². The number of rotatable bonds is 8. The zero-order chi connectivity index (χ0) is 18.4. The van der Waals surface area contributed by atoms with Gasteiger partial charge in [0.1, 0.15) is 0 Å². The van der Waals surface area contributed by atoms with Crippen molar-refractivity contribution >= 4 is 22.6 Å². The Morgan fingerprint density at radius 1 is 1.04 bits per heavy atom. The monoisotopic (exact) mass is 352 g/mol. The molecule has 0 N–H and O–H groups in total. The molecule has 0 saturated heterocycles. The smallest absolute Gasteiger partial charge is 0.280 e. The maximum atomic E-state index is 12.4. The van der Waals surface area contributed by atoms with Crippen molar-refractivity contribution in [3.05, 3.63) is 48.0 Å². The number of nitrogens with zero attached hydrogens (tertiary/aromatic N) is 2. The predicted octanol–water partition coefficient (Wildman–Crippen LogP) is 5.11. The fourth-order valence-electron chi connectivity index (χ4n) is 3.40. The number of carbonyl (C=O) groups excluding carboxylic acids is 1. The summed E-state index contributed by atoms with van der Waals surface area (Å²) < 4.78 is 5.67. The molecule has 1 heterocycles. The molecule has 2 aromatic carbocycles. The Morgan fingerprint density at radius 2 is 1.73 bits per heavy atom. The summed E-state index contributed by atoms with van der Waals surface area (Å²) in [5, 5.41) is 8.65. The Balaban J connectivity index is 1.88. The van der Waals surface area contributed by atoms with Crippen LogP contribution in [0.2, 0.25) is 0 Å². The summed E-state index contributed by atoms with van der Waals surface area (Å²) in [5.41, 5.74) is 0.922. The fourth-order valence-corrected chi connectivity index (χ4v) is 3.40. The van der Waals surface area contributed by atoms with Gasteiger partial charge in [0.25, 0.3) is 5.91 Å². The highest BCUT2D eigenvalue weighted by Gasteiger charge is 2.28. The molecule has 0 aliphatic carbocycles. The largest absolute Gasteiger partial charge is 0.466 e. The van der Waals surface area contributed by atoms with Gasteiger partial charge in [-0.3, -0.25) is 4.79 Å². The van der Waals surface area contributed by atoms with Crippen LogP contribution in [0.4, 0.5) is 0 Å². The number of fused-ring (bicyclic) bond motifs is 1. The first kappa shape index (κ1) is 18.4.